The highest BCUT2D eigenvalue weighted by atomic mass is 19.4. The van der Waals surface area contributed by atoms with Crippen molar-refractivity contribution in [2.75, 3.05) is 19.8 Å². The zero-order chi connectivity index (χ0) is 18.0. The van der Waals surface area contributed by atoms with Gasteiger partial charge in [-0.3, -0.25) is 0 Å². The number of ether oxygens (including phenoxy) is 1. The summed E-state index contributed by atoms with van der Waals surface area (Å²) in [7, 11) is 0. The standard InChI is InChI=1S/C15H15F3N4O3/c16-15(17,18)11-3-1-10(2-4-11)12-9-25-6-5-21(12)13-7-20-14(8-19-13)22(23)24/h1-4,7-8,12,19-20H,5-6,9H2/t12-/m1/s1. The summed E-state index contributed by atoms with van der Waals surface area (Å²) in [6.07, 6.45) is -1.70. The van der Waals surface area contributed by atoms with Gasteiger partial charge >= 0.3 is 12.0 Å². The highest BCUT2D eigenvalue weighted by Gasteiger charge is 2.32. The van der Waals surface area contributed by atoms with Crippen molar-refractivity contribution in [2.24, 2.45) is 0 Å². The van der Waals surface area contributed by atoms with E-state index in [4.69, 9.17) is 4.74 Å². The third-order valence-electron chi connectivity index (χ3n) is 3.97. The Kier molecular flexibility index (Phi) is 4.53. The molecule has 0 unspecified atom stereocenters. The van der Waals surface area contributed by atoms with E-state index >= 15 is 0 Å². The van der Waals surface area contributed by atoms with Crippen molar-refractivity contribution in [3.63, 3.8) is 0 Å². The van der Waals surface area contributed by atoms with E-state index in [1.165, 1.54) is 24.5 Å². The quantitative estimate of drug-likeness (QED) is 0.638. The first kappa shape index (κ1) is 17.1. The van der Waals surface area contributed by atoms with E-state index in [9.17, 15) is 23.3 Å². The summed E-state index contributed by atoms with van der Waals surface area (Å²) in [6.45, 7) is 1.24. The Morgan fingerprint density at radius 2 is 1.92 bits per heavy atom. The Bertz CT molecular complexity index is 716. The van der Waals surface area contributed by atoms with E-state index in [0.717, 1.165) is 12.1 Å². The number of morpholine rings is 1. The summed E-state index contributed by atoms with van der Waals surface area (Å²) >= 11 is 0. The Hall–Kier alpha value is -2.75. The number of hydrogen-bond donors (Lipinski definition) is 2. The van der Waals surface area contributed by atoms with Crippen LogP contribution in [0.25, 0.3) is 0 Å². The van der Waals surface area contributed by atoms with E-state index in [-0.39, 0.29) is 11.9 Å². The lowest BCUT2D eigenvalue weighted by molar-refractivity contribution is -0.431. The van der Waals surface area contributed by atoms with Crippen LogP contribution in [-0.2, 0) is 10.9 Å². The monoisotopic (exact) mass is 356 g/mol. The molecule has 2 aliphatic heterocycles. The van der Waals surface area contributed by atoms with Gasteiger partial charge in [-0.05, 0) is 22.6 Å². The van der Waals surface area contributed by atoms with Crippen LogP contribution in [-0.4, -0.2) is 29.6 Å². The van der Waals surface area contributed by atoms with E-state index in [1.807, 2.05) is 4.90 Å². The molecule has 0 amide bonds. The lowest BCUT2D eigenvalue weighted by Crippen LogP contribution is -2.44. The topological polar surface area (TPSA) is 79.7 Å². The Morgan fingerprint density at radius 1 is 1.20 bits per heavy atom. The smallest absolute Gasteiger partial charge is 0.377 e. The highest BCUT2D eigenvalue weighted by molar-refractivity contribution is 5.28. The predicted molar refractivity (Wildman–Crippen MR) is 81.1 cm³/mol. The molecule has 134 valence electrons. The van der Waals surface area contributed by atoms with Crippen LogP contribution in [0.4, 0.5) is 13.2 Å². The summed E-state index contributed by atoms with van der Waals surface area (Å²) in [5.41, 5.74) is -0.0470. The normalized spacial score (nSPS) is 20.9. The fourth-order valence-electron chi connectivity index (χ4n) is 2.70. The number of nitro groups is 1. The van der Waals surface area contributed by atoms with Crippen LogP contribution < -0.4 is 10.6 Å². The first-order valence-corrected chi connectivity index (χ1v) is 7.45. The van der Waals surface area contributed by atoms with Crippen molar-refractivity contribution < 1.29 is 22.8 Å². The minimum atomic E-state index is -4.39. The average Bonchev–Trinajstić information content (AvgIpc) is 2.61. The lowest BCUT2D eigenvalue weighted by Gasteiger charge is -2.38. The number of halogens is 3. The summed E-state index contributed by atoms with van der Waals surface area (Å²) < 4.78 is 43.6. The van der Waals surface area contributed by atoms with Crippen LogP contribution >= 0.6 is 0 Å². The molecule has 1 saturated heterocycles. The first-order valence-electron chi connectivity index (χ1n) is 7.45. The molecule has 0 bridgehead atoms. The van der Waals surface area contributed by atoms with E-state index in [1.54, 1.807) is 0 Å². The highest BCUT2D eigenvalue weighted by Crippen LogP contribution is 2.32. The van der Waals surface area contributed by atoms with Gasteiger partial charge in [-0.15, -0.1) is 0 Å². The minimum Gasteiger partial charge on any atom is -0.377 e. The Balaban J connectivity index is 1.79. The van der Waals surface area contributed by atoms with Gasteiger partial charge in [0.1, 0.15) is 12.0 Å². The zero-order valence-electron chi connectivity index (χ0n) is 12.9. The van der Waals surface area contributed by atoms with Gasteiger partial charge in [0, 0.05) is 6.54 Å². The maximum absolute atomic E-state index is 12.7. The van der Waals surface area contributed by atoms with Crippen LogP contribution in [0.2, 0.25) is 0 Å². The van der Waals surface area contributed by atoms with Gasteiger partial charge < -0.3 is 25.1 Å². The van der Waals surface area contributed by atoms with Crippen molar-refractivity contribution in [2.45, 2.75) is 12.2 Å². The van der Waals surface area contributed by atoms with Crippen LogP contribution in [0.3, 0.4) is 0 Å². The van der Waals surface area contributed by atoms with Gasteiger partial charge in [-0.1, -0.05) is 12.1 Å². The average molecular weight is 356 g/mol. The molecular weight excluding hydrogens is 341 g/mol. The molecule has 3 rings (SSSR count). The molecule has 0 aromatic heterocycles. The first-order chi connectivity index (χ1) is 11.9. The molecule has 1 aromatic rings. The Morgan fingerprint density at radius 3 is 2.48 bits per heavy atom. The summed E-state index contributed by atoms with van der Waals surface area (Å²) in [5, 5.41) is 16.1. The molecule has 2 aliphatic rings. The van der Waals surface area contributed by atoms with Crippen molar-refractivity contribution in [1.29, 1.82) is 0 Å². The maximum atomic E-state index is 12.7. The molecule has 1 atom stereocenters. The molecule has 0 radical (unpaired) electrons. The Labute approximate surface area is 140 Å². The molecule has 0 saturated carbocycles. The zero-order valence-corrected chi connectivity index (χ0v) is 12.9. The molecule has 0 spiro atoms. The van der Waals surface area contributed by atoms with Crippen LogP contribution in [0.15, 0.2) is 48.3 Å². The number of nitrogens with one attached hydrogen (secondary N) is 2. The largest absolute Gasteiger partial charge is 0.416 e. The van der Waals surface area contributed by atoms with E-state index in [2.05, 4.69) is 10.6 Å². The third-order valence-corrected chi connectivity index (χ3v) is 3.97. The summed E-state index contributed by atoms with van der Waals surface area (Å²) in [6, 6.07) is 4.61. The molecule has 1 aromatic carbocycles. The second-order valence-corrected chi connectivity index (χ2v) is 5.51. The van der Waals surface area contributed by atoms with Crippen LogP contribution in [0, 0.1) is 10.1 Å². The van der Waals surface area contributed by atoms with Gasteiger partial charge in [0.05, 0.1) is 31.0 Å². The van der Waals surface area contributed by atoms with Gasteiger partial charge in [0.25, 0.3) is 0 Å². The van der Waals surface area contributed by atoms with E-state index < -0.39 is 16.7 Å². The lowest BCUT2D eigenvalue weighted by atomic mass is 10.0. The second-order valence-electron chi connectivity index (χ2n) is 5.51. The molecule has 10 heteroatoms. The molecule has 25 heavy (non-hydrogen) atoms. The minimum absolute atomic E-state index is 0.192. The molecular formula is C15H15F3N4O3. The SMILES string of the molecule is O=[N+]([O-])C1=CNC(N2CCOC[C@@H]2c2ccc(C(F)(F)F)cc2)=CN1. The fraction of sp³-hybridized carbons (Fsp3) is 0.333. The van der Waals surface area contributed by atoms with Crippen LogP contribution in [0.1, 0.15) is 17.2 Å². The third kappa shape index (κ3) is 3.68. The van der Waals surface area contributed by atoms with Gasteiger partial charge in [-0.2, -0.15) is 13.2 Å². The summed E-state index contributed by atoms with van der Waals surface area (Å²) in [5.74, 6) is 0.391. The van der Waals surface area contributed by atoms with Gasteiger partial charge in [-0.25, -0.2) is 5.32 Å². The molecule has 7 nitrogen and oxygen atoms in total. The van der Waals surface area contributed by atoms with Crippen molar-refractivity contribution >= 4 is 0 Å². The van der Waals surface area contributed by atoms with Crippen molar-refractivity contribution in [3.8, 4) is 0 Å². The molecule has 1 fully saturated rings. The number of hydrogen-bond acceptors (Lipinski definition) is 6. The molecule has 2 N–H and O–H groups in total. The van der Waals surface area contributed by atoms with Crippen LogP contribution in [0.5, 0.6) is 0 Å². The van der Waals surface area contributed by atoms with Crippen molar-refractivity contribution in [3.05, 3.63) is 69.5 Å². The number of benzene rings is 1. The van der Waals surface area contributed by atoms with E-state index in [0.29, 0.717) is 31.1 Å². The second kappa shape index (κ2) is 6.63. The van der Waals surface area contributed by atoms with Gasteiger partial charge in [0.2, 0.25) is 0 Å². The number of rotatable bonds is 3. The number of nitrogens with zero attached hydrogens (tertiary/aromatic N) is 2. The van der Waals surface area contributed by atoms with Gasteiger partial charge in [0.15, 0.2) is 0 Å². The molecule has 2 heterocycles. The predicted octanol–water partition coefficient (Wildman–Crippen LogP) is 2.15. The van der Waals surface area contributed by atoms with Crippen molar-refractivity contribution in [1.82, 2.24) is 15.5 Å². The fourth-order valence-corrected chi connectivity index (χ4v) is 2.70. The maximum Gasteiger partial charge on any atom is 0.416 e. The molecule has 0 aliphatic carbocycles. The summed E-state index contributed by atoms with van der Waals surface area (Å²) in [4.78, 5) is 12.0. The number of alkyl halides is 3.